The van der Waals surface area contributed by atoms with E-state index in [9.17, 15) is 14.4 Å². The quantitative estimate of drug-likeness (QED) is 0.607. The molecule has 3 rings (SSSR count). The third-order valence-electron chi connectivity index (χ3n) is 5.92. The number of ether oxygens (including phenoxy) is 1. The standard InChI is InChI=1S/C26H31N3O4/c1-4-14-27-25(31)23(28-24(30)21-6-5-7-22(17-21)33-3)19-12-15-29(16-13-19)26(32)20-10-8-18(2)9-11-20/h4-11,17,19,23H,1,12-16H2,2-3H3,(H,27,31)(H,28,30)/t23-/m0/s1. The van der Waals surface area contributed by atoms with Crippen molar-refractivity contribution in [1.82, 2.24) is 15.5 Å². The van der Waals surface area contributed by atoms with Crippen molar-refractivity contribution in [1.29, 1.82) is 0 Å². The molecule has 33 heavy (non-hydrogen) atoms. The Balaban J connectivity index is 1.69. The molecule has 0 unspecified atom stereocenters. The molecule has 174 valence electrons. The van der Waals surface area contributed by atoms with E-state index in [2.05, 4.69) is 17.2 Å². The molecule has 0 spiro atoms. The number of nitrogens with zero attached hydrogens (tertiary/aromatic N) is 1. The van der Waals surface area contributed by atoms with Crippen LogP contribution < -0.4 is 15.4 Å². The van der Waals surface area contributed by atoms with Gasteiger partial charge in [-0.15, -0.1) is 6.58 Å². The predicted molar refractivity (Wildman–Crippen MR) is 127 cm³/mol. The number of amides is 3. The molecule has 7 heteroatoms. The Morgan fingerprint density at radius 1 is 1.12 bits per heavy atom. The first kappa shape index (κ1) is 24.0. The number of hydrogen-bond acceptors (Lipinski definition) is 4. The van der Waals surface area contributed by atoms with Crippen LogP contribution in [0.25, 0.3) is 0 Å². The highest BCUT2D eigenvalue weighted by Crippen LogP contribution is 2.23. The van der Waals surface area contributed by atoms with E-state index in [1.807, 2.05) is 36.1 Å². The van der Waals surface area contributed by atoms with Crippen LogP contribution in [0.2, 0.25) is 0 Å². The van der Waals surface area contributed by atoms with Gasteiger partial charge < -0.3 is 20.3 Å². The van der Waals surface area contributed by atoms with Crippen molar-refractivity contribution in [2.75, 3.05) is 26.7 Å². The summed E-state index contributed by atoms with van der Waals surface area (Å²) in [7, 11) is 1.54. The maximum absolute atomic E-state index is 12.9. The molecule has 0 aliphatic carbocycles. The molecule has 0 bridgehead atoms. The van der Waals surface area contributed by atoms with Gasteiger partial charge in [0.05, 0.1) is 7.11 Å². The third kappa shape index (κ3) is 6.22. The van der Waals surface area contributed by atoms with Gasteiger partial charge in [0.1, 0.15) is 11.8 Å². The maximum atomic E-state index is 12.9. The number of nitrogens with one attached hydrogen (secondary N) is 2. The molecule has 0 saturated carbocycles. The predicted octanol–water partition coefficient (Wildman–Crippen LogP) is 2.96. The Labute approximate surface area is 194 Å². The lowest BCUT2D eigenvalue weighted by molar-refractivity contribution is -0.124. The summed E-state index contributed by atoms with van der Waals surface area (Å²) in [5.41, 5.74) is 2.18. The van der Waals surface area contributed by atoms with Crippen molar-refractivity contribution in [2.24, 2.45) is 5.92 Å². The molecule has 2 aromatic rings. The summed E-state index contributed by atoms with van der Waals surface area (Å²) in [5, 5.41) is 5.70. The lowest BCUT2D eigenvalue weighted by Crippen LogP contribution is -2.53. The molecule has 1 fully saturated rings. The second-order valence-electron chi connectivity index (χ2n) is 8.21. The number of carbonyl (C=O) groups is 3. The zero-order valence-corrected chi connectivity index (χ0v) is 19.2. The summed E-state index contributed by atoms with van der Waals surface area (Å²) >= 11 is 0. The van der Waals surface area contributed by atoms with Gasteiger partial charge in [-0.3, -0.25) is 14.4 Å². The Morgan fingerprint density at radius 3 is 2.45 bits per heavy atom. The average molecular weight is 450 g/mol. The fourth-order valence-corrected chi connectivity index (χ4v) is 3.98. The van der Waals surface area contributed by atoms with Gasteiger partial charge in [0.15, 0.2) is 0 Å². The summed E-state index contributed by atoms with van der Waals surface area (Å²) in [4.78, 5) is 40.4. The van der Waals surface area contributed by atoms with Crippen LogP contribution >= 0.6 is 0 Å². The van der Waals surface area contributed by atoms with E-state index < -0.39 is 6.04 Å². The van der Waals surface area contributed by atoms with Gasteiger partial charge in [-0.2, -0.15) is 0 Å². The van der Waals surface area contributed by atoms with Crippen LogP contribution in [0.15, 0.2) is 61.2 Å². The summed E-state index contributed by atoms with van der Waals surface area (Å²) in [6.07, 6.45) is 2.83. The zero-order chi connectivity index (χ0) is 23.8. The first-order valence-corrected chi connectivity index (χ1v) is 11.1. The van der Waals surface area contributed by atoms with Crippen LogP contribution in [-0.2, 0) is 4.79 Å². The number of likely N-dealkylation sites (tertiary alicyclic amines) is 1. The fraction of sp³-hybridized carbons (Fsp3) is 0.346. The van der Waals surface area contributed by atoms with E-state index >= 15 is 0 Å². The van der Waals surface area contributed by atoms with E-state index in [1.165, 1.54) is 7.11 Å². The number of aryl methyl sites for hydroxylation is 1. The van der Waals surface area contributed by atoms with Gasteiger partial charge in [0.2, 0.25) is 5.91 Å². The molecular formula is C26H31N3O4. The topological polar surface area (TPSA) is 87.7 Å². The van der Waals surface area contributed by atoms with Gasteiger partial charge in [-0.05, 0) is 56.0 Å². The molecule has 0 aromatic heterocycles. The van der Waals surface area contributed by atoms with Gasteiger partial charge in [-0.1, -0.05) is 29.8 Å². The number of hydrogen-bond donors (Lipinski definition) is 2. The fourth-order valence-electron chi connectivity index (χ4n) is 3.98. The normalized spacial score (nSPS) is 14.8. The molecular weight excluding hydrogens is 418 g/mol. The SMILES string of the molecule is C=CCNC(=O)[C@@H](NC(=O)c1cccc(OC)c1)C1CCN(C(=O)c2ccc(C)cc2)CC1. The largest absolute Gasteiger partial charge is 0.497 e. The lowest BCUT2D eigenvalue weighted by Gasteiger charge is -2.36. The van der Waals surface area contributed by atoms with Crippen molar-refractivity contribution < 1.29 is 19.1 Å². The number of carbonyl (C=O) groups excluding carboxylic acids is 3. The monoisotopic (exact) mass is 449 g/mol. The first-order valence-electron chi connectivity index (χ1n) is 11.1. The Kier molecular flexibility index (Phi) is 8.24. The minimum Gasteiger partial charge on any atom is -0.497 e. The van der Waals surface area contributed by atoms with E-state index in [-0.39, 0.29) is 23.6 Å². The molecule has 1 aliphatic heterocycles. The second-order valence-corrected chi connectivity index (χ2v) is 8.21. The number of methoxy groups -OCH3 is 1. The van der Waals surface area contributed by atoms with Crippen LogP contribution in [0.1, 0.15) is 39.1 Å². The van der Waals surface area contributed by atoms with E-state index in [1.54, 1.807) is 30.3 Å². The molecule has 3 amide bonds. The minimum atomic E-state index is -0.708. The van der Waals surface area contributed by atoms with E-state index in [4.69, 9.17) is 4.74 Å². The van der Waals surface area contributed by atoms with Crippen LogP contribution in [0.5, 0.6) is 5.75 Å². The Morgan fingerprint density at radius 2 is 1.82 bits per heavy atom. The number of benzene rings is 2. The summed E-state index contributed by atoms with van der Waals surface area (Å²) in [5.74, 6) is -0.133. The highest BCUT2D eigenvalue weighted by Gasteiger charge is 2.34. The lowest BCUT2D eigenvalue weighted by atomic mass is 9.88. The minimum absolute atomic E-state index is 0.0125. The molecule has 2 aromatic carbocycles. The van der Waals surface area contributed by atoms with Crippen molar-refractivity contribution in [3.63, 3.8) is 0 Å². The van der Waals surface area contributed by atoms with Crippen molar-refractivity contribution in [3.8, 4) is 5.75 Å². The summed E-state index contributed by atoms with van der Waals surface area (Å²) in [6, 6.07) is 13.6. The molecule has 2 N–H and O–H groups in total. The third-order valence-corrected chi connectivity index (χ3v) is 5.92. The van der Waals surface area contributed by atoms with E-state index in [0.29, 0.717) is 49.4 Å². The van der Waals surface area contributed by atoms with Crippen molar-refractivity contribution in [2.45, 2.75) is 25.8 Å². The molecule has 1 atom stereocenters. The highest BCUT2D eigenvalue weighted by atomic mass is 16.5. The molecule has 7 nitrogen and oxygen atoms in total. The zero-order valence-electron chi connectivity index (χ0n) is 19.2. The highest BCUT2D eigenvalue weighted by molar-refractivity contribution is 5.98. The van der Waals surface area contributed by atoms with Crippen LogP contribution in [0.3, 0.4) is 0 Å². The van der Waals surface area contributed by atoms with Gasteiger partial charge in [-0.25, -0.2) is 0 Å². The van der Waals surface area contributed by atoms with Crippen LogP contribution in [0.4, 0.5) is 0 Å². The van der Waals surface area contributed by atoms with Crippen LogP contribution in [-0.4, -0.2) is 55.4 Å². The van der Waals surface area contributed by atoms with Crippen molar-refractivity contribution in [3.05, 3.63) is 77.9 Å². The van der Waals surface area contributed by atoms with Crippen LogP contribution in [0, 0.1) is 12.8 Å². The maximum Gasteiger partial charge on any atom is 0.253 e. The van der Waals surface area contributed by atoms with Gasteiger partial charge in [0.25, 0.3) is 11.8 Å². The Hall–Kier alpha value is -3.61. The van der Waals surface area contributed by atoms with Crippen molar-refractivity contribution >= 4 is 17.7 Å². The summed E-state index contributed by atoms with van der Waals surface area (Å²) in [6.45, 7) is 6.98. The molecule has 1 heterocycles. The molecule has 1 aliphatic rings. The smallest absolute Gasteiger partial charge is 0.253 e. The van der Waals surface area contributed by atoms with E-state index in [0.717, 1.165) is 5.56 Å². The molecule has 1 saturated heterocycles. The van der Waals surface area contributed by atoms with Gasteiger partial charge in [0, 0.05) is 30.8 Å². The molecule has 0 radical (unpaired) electrons. The number of rotatable bonds is 8. The first-order chi connectivity index (χ1) is 15.9. The summed E-state index contributed by atoms with van der Waals surface area (Å²) < 4.78 is 5.20. The number of piperidine rings is 1. The average Bonchev–Trinajstić information content (AvgIpc) is 2.86. The Bertz CT molecular complexity index is 995. The second kappa shape index (κ2) is 11.3. The van der Waals surface area contributed by atoms with Gasteiger partial charge >= 0.3 is 0 Å².